The number of aryl methyl sites for hydroxylation is 1. The van der Waals surface area contributed by atoms with Gasteiger partial charge in [0.15, 0.2) is 0 Å². The summed E-state index contributed by atoms with van der Waals surface area (Å²) >= 11 is 0. The van der Waals surface area contributed by atoms with Gasteiger partial charge in [0.2, 0.25) is 0 Å². The zero-order valence-corrected chi connectivity index (χ0v) is 11.1. The van der Waals surface area contributed by atoms with Crippen LogP contribution in [0.1, 0.15) is 31.9 Å². The number of anilines is 1. The third-order valence-corrected chi connectivity index (χ3v) is 4.08. The van der Waals surface area contributed by atoms with E-state index < -0.39 is 0 Å². The highest BCUT2D eigenvalue weighted by Crippen LogP contribution is 2.32. The summed E-state index contributed by atoms with van der Waals surface area (Å²) in [6, 6.07) is 11.1. The molecule has 1 aromatic carbocycles. The number of rotatable bonds is 3. The summed E-state index contributed by atoms with van der Waals surface area (Å²) in [4.78, 5) is 4.58. The summed E-state index contributed by atoms with van der Waals surface area (Å²) in [5.41, 5.74) is 3.40. The highest BCUT2D eigenvalue weighted by Gasteiger charge is 2.24. The molecule has 1 aromatic heterocycles. The van der Waals surface area contributed by atoms with Crippen LogP contribution in [0.2, 0.25) is 0 Å². The second kappa shape index (κ2) is 4.60. The normalized spacial score (nSPS) is 17.4. The van der Waals surface area contributed by atoms with Crippen LogP contribution in [0, 0.1) is 12.8 Å². The van der Waals surface area contributed by atoms with Crippen molar-refractivity contribution in [1.29, 1.82) is 0 Å². The fraction of sp³-hybridized carbons (Fsp3) is 0.438. The van der Waals surface area contributed by atoms with Crippen LogP contribution >= 0.6 is 0 Å². The molecule has 1 aliphatic carbocycles. The van der Waals surface area contributed by atoms with E-state index in [1.165, 1.54) is 30.3 Å². The minimum Gasteiger partial charge on any atom is -0.382 e. The molecule has 1 heterocycles. The van der Waals surface area contributed by atoms with E-state index in [9.17, 15) is 0 Å². The minimum absolute atomic E-state index is 0.559. The molecule has 94 valence electrons. The maximum absolute atomic E-state index is 4.58. The van der Waals surface area contributed by atoms with Crippen molar-refractivity contribution in [3.05, 3.63) is 36.0 Å². The van der Waals surface area contributed by atoms with Gasteiger partial charge in [-0.3, -0.25) is 4.98 Å². The summed E-state index contributed by atoms with van der Waals surface area (Å²) in [7, 11) is 0. The SMILES string of the molecule is Cc1cc(NC(C)C2CCC2)c2ccccc2n1. The van der Waals surface area contributed by atoms with Crippen LogP contribution in [0.4, 0.5) is 5.69 Å². The monoisotopic (exact) mass is 240 g/mol. The maximum atomic E-state index is 4.58. The zero-order valence-electron chi connectivity index (χ0n) is 11.1. The smallest absolute Gasteiger partial charge is 0.0725 e. The Kier molecular flexibility index (Phi) is 2.94. The Morgan fingerprint density at radius 3 is 2.78 bits per heavy atom. The van der Waals surface area contributed by atoms with E-state index in [0.29, 0.717) is 6.04 Å². The van der Waals surface area contributed by atoms with E-state index in [4.69, 9.17) is 0 Å². The van der Waals surface area contributed by atoms with E-state index in [1.807, 2.05) is 6.07 Å². The van der Waals surface area contributed by atoms with Crippen molar-refractivity contribution in [2.24, 2.45) is 5.92 Å². The second-order valence-electron chi connectivity index (χ2n) is 5.45. The van der Waals surface area contributed by atoms with Gasteiger partial charge in [0.1, 0.15) is 0 Å². The third-order valence-electron chi connectivity index (χ3n) is 4.08. The summed E-state index contributed by atoms with van der Waals surface area (Å²) in [5, 5.41) is 4.92. The van der Waals surface area contributed by atoms with Gasteiger partial charge in [0.05, 0.1) is 5.52 Å². The third kappa shape index (κ3) is 2.07. The molecule has 1 fully saturated rings. The Morgan fingerprint density at radius 1 is 1.28 bits per heavy atom. The molecule has 0 saturated heterocycles. The molecule has 1 saturated carbocycles. The van der Waals surface area contributed by atoms with Gasteiger partial charge in [0.25, 0.3) is 0 Å². The Bertz CT molecular complexity index is 558. The highest BCUT2D eigenvalue weighted by atomic mass is 14.9. The average molecular weight is 240 g/mol. The minimum atomic E-state index is 0.559. The molecule has 18 heavy (non-hydrogen) atoms. The predicted octanol–water partition coefficient (Wildman–Crippen LogP) is 4.14. The van der Waals surface area contributed by atoms with Crippen molar-refractivity contribution >= 4 is 16.6 Å². The highest BCUT2D eigenvalue weighted by molar-refractivity contribution is 5.91. The number of hydrogen-bond acceptors (Lipinski definition) is 2. The lowest BCUT2D eigenvalue weighted by Crippen LogP contribution is -2.30. The first-order chi connectivity index (χ1) is 8.74. The van der Waals surface area contributed by atoms with Gasteiger partial charge in [-0.1, -0.05) is 24.6 Å². The van der Waals surface area contributed by atoms with Crippen LogP contribution in [0.3, 0.4) is 0 Å². The van der Waals surface area contributed by atoms with Crippen molar-refractivity contribution in [1.82, 2.24) is 4.98 Å². The van der Waals surface area contributed by atoms with Crippen LogP contribution in [0.25, 0.3) is 10.9 Å². The van der Waals surface area contributed by atoms with Crippen molar-refractivity contribution in [3.63, 3.8) is 0 Å². The second-order valence-corrected chi connectivity index (χ2v) is 5.45. The molecular formula is C16H20N2. The van der Waals surface area contributed by atoms with Gasteiger partial charge in [-0.25, -0.2) is 0 Å². The molecule has 0 aliphatic heterocycles. The lowest BCUT2D eigenvalue weighted by Gasteiger charge is -2.32. The molecule has 0 spiro atoms. The summed E-state index contributed by atoms with van der Waals surface area (Å²) < 4.78 is 0. The molecule has 1 atom stereocenters. The van der Waals surface area contributed by atoms with Crippen LogP contribution in [-0.2, 0) is 0 Å². The topological polar surface area (TPSA) is 24.9 Å². The van der Waals surface area contributed by atoms with Gasteiger partial charge >= 0.3 is 0 Å². The summed E-state index contributed by atoms with van der Waals surface area (Å²) in [6.07, 6.45) is 4.14. The molecule has 2 nitrogen and oxygen atoms in total. The van der Waals surface area contributed by atoms with Crippen molar-refractivity contribution in [2.45, 2.75) is 39.2 Å². The molecule has 2 aromatic rings. The van der Waals surface area contributed by atoms with Gasteiger partial charge < -0.3 is 5.32 Å². The average Bonchev–Trinajstić information content (AvgIpc) is 2.26. The van der Waals surface area contributed by atoms with E-state index >= 15 is 0 Å². The summed E-state index contributed by atoms with van der Waals surface area (Å²) in [5.74, 6) is 0.845. The molecule has 0 amide bonds. The Labute approximate surface area is 108 Å². The number of aromatic nitrogens is 1. The number of para-hydroxylation sites is 1. The number of benzene rings is 1. The molecule has 0 radical (unpaired) electrons. The number of hydrogen-bond donors (Lipinski definition) is 1. The number of nitrogens with one attached hydrogen (secondary N) is 1. The Morgan fingerprint density at radius 2 is 2.06 bits per heavy atom. The first kappa shape index (κ1) is 11.5. The number of pyridine rings is 1. The Hall–Kier alpha value is -1.57. The molecule has 2 heteroatoms. The molecule has 1 N–H and O–H groups in total. The quantitative estimate of drug-likeness (QED) is 0.872. The molecule has 1 unspecified atom stereocenters. The molecular weight excluding hydrogens is 220 g/mol. The van der Waals surface area contributed by atoms with Gasteiger partial charge in [-0.2, -0.15) is 0 Å². The van der Waals surface area contributed by atoms with E-state index in [-0.39, 0.29) is 0 Å². The van der Waals surface area contributed by atoms with E-state index in [0.717, 1.165) is 17.1 Å². The fourth-order valence-electron chi connectivity index (χ4n) is 2.73. The lowest BCUT2D eigenvalue weighted by molar-refractivity contribution is 0.285. The van der Waals surface area contributed by atoms with E-state index in [2.05, 4.69) is 48.4 Å². The standard InChI is InChI=1S/C16H20N2/c1-11-10-16(18-12(2)13-6-5-7-13)14-8-3-4-9-15(14)17-11/h3-4,8-10,12-13H,5-7H2,1-2H3,(H,17,18). The fourth-order valence-corrected chi connectivity index (χ4v) is 2.73. The lowest BCUT2D eigenvalue weighted by atomic mass is 9.80. The predicted molar refractivity (Wildman–Crippen MR) is 76.9 cm³/mol. The van der Waals surface area contributed by atoms with Crippen LogP contribution in [0.5, 0.6) is 0 Å². The molecule has 1 aliphatic rings. The van der Waals surface area contributed by atoms with Gasteiger partial charge in [-0.15, -0.1) is 0 Å². The first-order valence-corrected chi connectivity index (χ1v) is 6.87. The van der Waals surface area contributed by atoms with Crippen LogP contribution < -0.4 is 5.32 Å². The largest absolute Gasteiger partial charge is 0.382 e. The van der Waals surface area contributed by atoms with Crippen LogP contribution in [0.15, 0.2) is 30.3 Å². The zero-order chi connectivity index (χ0) is 12.5. The van der Waals surface area contributed by atoms with Crippen molar-refractivity contribution in [2.75, 3.05) is 5.32 Å². The molecule has 3 rings (SSSR count). The maximum Gasteiger partial charge on any atom is 0.0725 e. The summed E-state index contributed by atoms with van der Waals surface area (Å²) in [6.45, 7) is 4.36. The Balaban J connectivity index is 1.94. The first-order valence-electron chi connectivity index (χ1n) is 6.87. The van der Waals surface area contributed by atoms with Gasteiger partial charge in [0, 0.05) is 22.8 Å². The molecule has 0 bridgehead atoms. The van der Waals surface area contributed by atoms with E-state index in [1.54, 1.807) is 0 Å². The number of nitrogens with zero attached hydrogens (tertiary/aromatic N) is 1. The number of fused-ring (bicyclic) bond motifs is 1. The van der Waals surface area contributed by atoms with Crippen molar-refractivity contribution < 1.29 is 0 Å². The van der Waals surface area contributed by atoms with Gasteiger partial charge in [-0.05, 0) is 44.7 Å². The van der Waals surface area contributed by atoms with Crippen LogP contribution in [-0.4, -0.2) is 11.0 Å². The van der Waals surface area contributed by atoms with Crippen molar-refractivity contribution in [3.8, 4) is 0 Å².